The minimum atomic E-state index is -0.877. The van der Waals surface area contributed by atoms with E-state index >= 15 is 0 Å². The summed E-state index contributed by atoms with van der Waals surface area (Å²) in [5.41, 5.74) is 4.85. The van der Waals surface area contributed by atoms with Crippen LogP contribution in [0.3, 0.4) is 0 Å². The lowest BCUT2D eigenvalue weighted by molar-refractivity contribution is -0.147. The molecule has 0 radical (unpaired) electrons. The zero-order valence-electron chi connectivity index (χ0n) is 17.5. The zero-order chi connectivity index (χ0) is 22.1. The number of fused-ring (bicyclic) bond motifs is 1. The number of esters is 2. The van der Waals surface area contributed by atoms with Gasteiger partial charge in [-0.15, -0.1) is 0 Å². The van der Waals surface area contributed by atoms with Crippen molar-refractivity contribution in [3.05, 3.63) is 90.5 Å². The summed E-state index contributed by atoms with van der Waals surface area (Å²) in [4.78, 5) is 29.7. The van der Waals surface area contributed by atoms with E-state index in [1.165, 1.54) is 0 Å². The quantitative estimate of drug-likeness (QED) is 0.410. The number of ether oxygens (including phenoxy) is 2. The van der Waals surface area contributed by atoms with E-state index in [2.05, 4.69) is 12.1 Å². The van der Waals surface area contributed by atoms with Crippen LogP contribution < -0.4 is 0 Å². The number of para-hydroxylation sites is 1. The Labute approximate surface area is 185 Å². The molecule has 5 rings (SSSR count). The second-order valence-corrected chi connectivity index (χ2v) is 7.89. The summed E-state index contributed by atoms with van der Waals surface area (Å²) in [7, 11) is 0. The Bertz CT molecular complexity index is 1300. The minimum absolute atomic E-state index is 0.256. The highest BCUT2D eigenvalue weighted by molar-refractivity contribution is 6.05. The monoisotopic (exact) mass is 423 g/mol. The zero-order valence-corrected chi connectivity index (χ0v) is 17.5. The van der Waals surface area contributed by atoms with Crippen LogP contribution in [0.5, 0.6) is 0 Å². The standard InChI is InChI=1S/C27H21NO4/c1-17-15-25(27(30)31-17)32-26(29)22-16-24(28-23-10-6-5-9-21(22)23)20-13-11-19(12-14-20)18-7-3-2-4-8-18/h2-14,16-17,25H,15H2,1H3/t17-,25+/m0/s1. The number of nitrogens with zero attached hydrogens (tertiary/aromatic N) is 1. The normalized spacial score (nSPS) is 17.8. The largest absolute Gasteiger partial charge is 0.460 e. The number of aromatic nitrogens is 1. The van der Waals surface area contributed by atoms with Gasteiger partial charge < -0.3 is 9.47 Å². The van der Waals surface area contributed by atoms with Gasteiger partial charge in [-0.2, -0.15) is 0 Å². The van der Waals surface area contributed by atoms with Crippen molar-refractivity contribution < 1.29 is 19.1 Å². The van der Waals surface area contributed by atoms with E-state index in [1.54, 1.807) is 13.0 Å². The molecule has 0 bridgehead atoms. The maximum Gasteiger partial charge on any atom is 0.347 e. The summed E-state index contributed by atoms with van der Waals surface area (Å²) in [5.74, 6) is -1.05. The molecule has 2 atom stereocenters. The Morgan fingerprint density at radius 2 is 1.56 bits per heavy atom. The summed E-state index contributed by atoms with van der Waals surface area (Å²) in [6.07, 6.45) is -0.771. The smallest absolute Gasteiger partial charge is 0.347 e. The Balaban J connectivity index is 1.51. The summed E-state index contributed by atoms with van der Waals surface area (Å²) in [5, 5.41) is 0.682. The fourth-order valence-corrected chi connectivity index (χ4v) is 3.97. The van der Waals surface area contributed by atoms with Crippen LogP contribution in [-0.2, 0) is 14.3 Å². The average Bonchev–Trinajstić information content (AvgIpc) is 3.15. The lowest BCUT2D eigenvalue weighted by Gasteiger charge is -2.12. The second kappa shape index (κ2) is 8.27. The Kier molecular flexibility index (Phi) is 5.15. The van der Waals surface area contributed by atoms with Crippen LogP contribution >= 0.6 is 0 Å². The van der Waals surface area contributed by atoms with Crippen molar-refractivity contribution >= 4 is 22.8 Å². The molecule has 1 aliphatic heterocycles. The Hall–Kier alpha value is -3.99. The minimum Gasteiger partial charge on any atom is -0.460 e. The van der Waals surface area contributed by atoms with Gasteiger partial charge >= 0.3 is 11.9 Å². The molecule has 0 spiro atoms. The predicted octanol–water partition coefficient (Wildman–Crippen LogP) is 5.43. The predicted molar refractivity (Wildman–Crippen MR) is 122 cm³/mol. The second-order valence-electron chi connectivity index (χ2n) is 7.89. The molecule has 32 heavy (non-hydrogen) atoms. The highest BCUT2D eigenvalue weighted by Gasteiger charge is 2.35. The molecule has 1 aromatic heterocycles. The fourth-order valence-electron chi connectivity index (χ4n) is 3.97. The first-order chi connectivity index (χ1) is 15.6. The Morgan fingerprint density at radius 1 is 0.906 bits per heavy atom. The number of benzene rings is 3. The summed E-state index contributed by atoms with van der Waals surface area (Å²) < 4.78 is 10.6. The maximum atomic E-state index is 13.0. The number of rotatable bonds is 4. The fraction of sp³-hybridized carbons (Fsp3) is 0.148. The van der Waals surface area contributed by atoms with Gasteiger partial charge in [-0.25, -0.2) is 14.6 Å². The van der Waals surface area contributed by atoms with E-state index in [0.717, 1.165) is 16.7 Å². The molecule has 1 fully saturated rings. The van der Waals surface area contributed by atoms with Gasteiger partial charge in [-0.05, 0) is 30.2 Å². The number of carbonyl (C=O) groups excluding carboxylic acids is 2. The molecule has 0 aliphatic carbocycles. The first-order valence-electron chi connectivity index (χ1n) is 10.6. The molecule has 2 heterocycles. The van der Waals surface area contributed by atoms with Crippen LogP contribution in [0.1, 0.15) is 23.7 Å². The molecular weight excluding hydrogens is 402 g/mol. The van der Waals surface area contributed by atoms with Crippen molar-refractivity contribution in [3.8, 4) is 22.4 Å². The number of carbonyl (C=O) groups is 2. The molecular formula is C27H21NO4. The third-order valence-electron chi connectivity index (χ3n) is 5.60. The molecule has 4 aromatic rings. The maximum absolute atomic E-state index is 13.0. The molecule has 0 saturated carbocycles. The van der Waals surface area contributed by atoms with Crippen molar-refractivity contribution in [2.45, 2.75) is 25.6 Å². The summed E-state index contributed by atoms with van der Waals surface area (Å²) >= 11 is 0. The van der Waals surface area contributed by atoms with Crippen LogP contribution in [0.25, 0.3) is 33.3 Å². The van der Waals surface area contributed by atoms with Crippen molar-refractivity contribution in [1.29, 1.82) is 0 Å². The van der Waals surface area contributed by atoms with Gasteiger partial charge in [-0.3, -0.25) is 0 Å². The number of pyridine rings is 1. The molecule has 1 aliphatic rings. The van der Waals surface area contributed by atoms with Gasteiger partial charge in [0.15, 0.2) is 0 Å². The molecule has 0 N–H and O–H groups in total. The van der Waals surface area contributed by atoms with Crippen LogP contribution in [0, 0.1) is 0 Å². The first-order valence-corrected chi connectivity index (χ1v) is 10.6. The van der Waals surface area contributed by atoms with Crippen molar-refractivity contribution in [1.82, 2.24) is 4.98 Å². The van der Waals surface area contributed by atoms with E-state index in [1.807, 2.05) is 66.7 Å². The van der Waals surface area contributed by atoms with Crippen LogP contribution in [0.2, 0.25) is 0 Å². The summed E-state index contributed by atoms with van der Waals surface area (Å²) in [6.45, 7) is 1.78. The number of hydrogen-bond donors (Lipinski definition) is 0. The van der Waals surface area contributed by atoms with Gasteiger partial charge in [0.05, 0.1) is 16.8 Å². The van der Waals surface area contributed by atoms with Crippen LogP contribution in [-0.4, -0.2) is 29.1 Å². The summed E-state index contributed by atoms with van der Waals surface area (Å²) in [6, 6.07) is 27.3. The third kappa shape index (κ3) is 3.85. The van der Waals surface area contributed by atoms with Gasteiger partial charge in [-0.1, -0.05) is 72.8 Å². The highest BCUT2D eigenvalue weighted by Crippen LogP contribution is 2.29. The SMILES string of the molecule is C[C@H]1C[C@@H](OC(=O)c2cc(-c3ccc(-c4ccccc4)cc3)nc3ccccc23)C(=O)O1. The third-order valence-corrected chi connectivity index (χ3v) is 5.60. The molecule has 0 amide bonds. The van der Waals surface area contributed by atoms with Crippen molar-refractivity contribution in [2.24, 2.45) is 0 Å². The van der Waals surface area contributed by atoms with E-state index < -0.39 is 18.0 Å². The molecule has 158 valence electrons. The number of hydrogen-bond acceptors (Lipinski definition) is 5. The van der Waals surface area contributed by atoms with Crippen molar-refractivity contribution in [3.63, 3.8) is 0 Å². The van der Waals surface area contributed by atoms with E-state index in [0.29, 0.717) is 28.6 Å². The van der Waals surface area contributed by atoms with Gasteiger partial charge in [0, 0.05) is 17.4 Å². The van der Waals surface area contributed by atoms with E-state index in [9.17, 15) is 9.59 Å². The lowest BCUT2D eigenvalue weighted by atomic mass is 10.0. The Morgan fingerprint density at radius 3 is 2.28 bits per heavy atom. The number of cyclic esters (lactones) is 1. The molecule has 5 nitrogen and oxygen atoms in total. The van der Waals surface area contributed by atoms with Gasteiger partial charge in [0.2, 0.25) is 6.10 Å². The molecule has 0 unspecified atom stereocenters. The molecule has 3 aromatic carbocycles. The first kappa shape index (κ1) is 19.9. The van der Waals surface area contributed by atoms with E-state index in [-0.39, 0.29) is 6.10 Å². The van der Waals surface area contributed by atoms with Gasteiger partial charge in [0.1, 0.15) is 6.10 Å². The lowest BCUT2D eigenvalue weighted by Crippen LogP contribution is -2.23. The van der Waals surface area contributed by atoms with E-state index in [4.69, 9.17) is 14.5 Å². The highest BCUT2D eigenvalue weighted by atomic mass is 16.6. The van der Waals surface area contributed by atoms with Crippen LogP contribution in [0.15, 0.2) is 84.9 Å². The average molecular weight is 423 g/mol. The van der Waals surface area contributed by atoms with Crippen LogP contribution in [0.4, 0.5) is 0 Å². The van der Waals surface area contributed by atoms with Gasteiger partial charge in [0.25, 0.3) is 0 Å². The topological polar surface area (TPSA) is 65.5 Å². The molecule has 1 saturated heterocycles. The molecule has 5 heteroatoms. The van der Waals surface area contributed by atoms with Crippen molar-refractivity contribution in [2.75, 3.05) is 0 Å².